The minimum Gasteiger partial charge on any atom is -0.504 e. The molecule has 5 N–H and O–H groups in total. The fraction of sp³-hybridized carbons (Fsp3) is 0.0833. The highest BCUT2D eigenvalue weighted by molar-refractivity contribution is 6.06. The lowest BCUT2D eigenvalue weighted by atomic mass is 9.96. The maximum Gasteiger partial charge on any atom is 0.315 e. The number of nitriles is 1. The Morgan fingerprint density at radius 2 is 1.95 bits per heavy atom. The van der Waals surface area contributed by atoms with Gasteiger partial charge in [-0.1, -0.05) is 0 Å². The summed E-state index contributed by atoms with van der Waals surface area (Å²) in [5.74, 6) is -4.59. The smallest absolute Gasteiger partial charge is 0.315 e. The number of primary amides is 1. The number of nitro groups is 1. The van der Waals surface area contributed by atoms with E-state index in [0.29, 0.717) is 0 Å². The quantitative estimate of drug-likeness (QED) is 0.195. The largest absolute Gasteiger partial charge is 0.504 e. The van der Waals surface area contributed by atoms with Gasteiger partial charge < -0.3 is 21.1 Å². The molecule has 1 rings (SSSR count). The molecule has 0 radical (unpaired) electrons. The molecule has 0 unspecified atom stereocenters. The predicted octanol–water partition coefficient (Wildman–Crippen LogP) is 0.243. The molecule has 10 heteroatoms. The van der Waals surface area contributed by atoms with Crippen LogP contribution in [0.15, 0.2) is 17.7 Å². The average molecular weight is 307 g/mol. The van der Waals surface area contributed by atoms with Crippen molar-refractivity contribution in [3.8, 4) is 17.6 Å². The van der Waals surface area contributed by atoms with Crippen LogP contribution in [0.2, 0.25) is 0 Å². The Hall–Kier alpha value is -3.61. The highest BCUT2D eigenvalue weighted by Gasteiger charge is 2.24. The van der Waals surface area contributed by atoms with Crippen molar-refractivity contribution in [1.82, 2.24) is 0 Å². The first kappa shape index (κ1) is 16.4. The van der Waals surface area contributed by atoms with Crippen LogP contribution in [-0.4, -0.2) is 32.1 Å². The van der Waals surface area contributed by atoms with Crippen LogP contribution in [0.25, 0.3) is 5.57 Å². The summed E-state index contributed by atoms with van der Waals surface area (Å²) in [6, 6.07) is 2.94. The number of aromatic hydroxyl groups is 2. The Morgan fingerprint density at radius 1 is 1.36 bits per heavy atom. The zero-order valence-corrected chi connectivity index (χ0v) is 10.8. The molecule has 0 aliphatic rings. The molecule has 0 fully saturated rings. The number of hydrogen-bond donors (Lipinski definition) is 4. The van der Waals surface area contributed by atoms with Crippen molar-refractivity contribution in [1.29, 1.82) is 5.26 Å². The molecule has 0 heterocycles. The van der Waals surface area contributed by atoms with Crippen LogP contribution in [0.4, 0.5) is 5.69 Å². The van der Waals surface area contributed by atoms with Gasteiger partial charge in [0.05, 0.1) is 11.3 Å². The first-order chi connectivity index (χ1) is 10.2. The van der Waals surface area contributed by atoms with E-state index in [-0.39, 0.29) is 5.56 Å². The molecule has 0 saturated heterocycles. The molecule has 0 aliphatic carbocycles. The van der Waals surface area contributed by atoms with Crippen LogP contribution in [0, 0.1) is 21.4 Å². The van der Waals surface area contributed by atoms with Crippen molar-refractivity contribution >= 4 is 23.1 Å². The number of phenols is 2. The fourth-order valence-corrected chi connectivity index (χ4v) is 1.67. The van der Waals surface area contributed by atoms with Gasteiger partial charge >= 0.3 is 11.7 Å². The third-order valence-electron chi connectivity index (χ3n) is 2.60. The molecule has 0 aliphatic heterocycles. The number of hydrogen-bond acceptors (Lipinski definition) is 7. The molecule has 0 spiro atoms. The van der Waals surface area contributed by atoms with Crippen molar-refractivity contribution < 1.29 is 29.8 Å². The standard InChI is InChI=1S/C12H9N3O7/c13-4-7(12(14)20)6(3-10(17)18)5-1-8(15(21)22)11(19)9(16)2-5/h1-2,16,19H,3H2,(H2,14,20)(H,17,18). The summed E-state index contributed by atoms with van der Waals surface area (Å²) in [7, 11) is 0. The number of carbonyl (C=O) groups is 2. The molecule has 1 amide bonds. The molecular weight excluding hydrogens is 298 g/mol. The molecule has 1 aromatic rings. The van der Waals surface area contributed by atoms with Gasteiger partial charge in [0.2, 0.25) is 5.75 Å². The zero-order valence-electron chi connectivity index (χ0n) is 10.8. The summed E-state index contributed by atoms with van der Waals surface area (Å²) < 4.78 is 0. The van der Waals surface area contributed by atoms with E-state index in [9.17, 15) is 29.9 Å². The van der Waals surface area contributed by atoms with E-state index in [1.54, 1.807) is 0 Å². The number of nitrogens with two attached hydrogens (primary N) is 1. The van der Waals surface area contributed by atoms with Crippen LogP contribution in [0.5, 0.6) is 11.5 Å². The van der Waals surface area contributed by atoms with E-state index >= 15 is 0 Å². The number of aliphatic carboxylic acids is 1. The molecule has 0 aromatic heterocycles. The van der Waals surface area contributed by atoms with Crippen molar-refractivity contribution in [3.63, 3.8) is 0 Å². The van der Waals surface area contributed by atoms with Gasteiger partial charge in [-0.3, -0.25) is 19.7 Å². The minimum absolute atomic E-state index is 0.292. The monoisotopic (exact) mass is 307 g/mol. The summed E-state index contributed by atoms with van der Waals surface area (Å²) in [6.07, 6.45) is -0.840. The second-order valence-corrected chi connectivity index (χ2v) is 4.02. The van der Waals surface area contributed by atoms with E-state index in [2.05, 4.69) is 0 Å². The number of nitro benzene ring substituents is 1. The van der Waals surface area contributed by atoms with Gasteiger partial charge in [-0.2, -0.15) is 5.26 Å². The SMILES string of the molecule is N#CC(C(N)=O)=C(CC(=O)O)c1cc(O)c(O)c([N+](=O)[O-])c1. The van der Waals surface area contributed by atoms with E-state index in [0.717, 1.165) is 12.1 Å². The summed E-state index contributed by atoms with van der Waals surface area (Å²) in [6.45, 7) is 0. The molecule has 114 valence electrons. The van der Waals surface area contributed by atoms with E-state index in [1.165, 1.54) is 6.07 Å². The van der Waals surface area contributed by atoms with Gasteiger partial charge in [0.15, 0.2) is 5.75 Å². The van der Waals surface area contributed by atoms with Gasteiger partial charge in [-0.15, -0.1) is 0 Å². The number of carbonyl (C=O) groups excluding carboxylic acids is 1. The van der Waals surface area contributed by atoms with Crippen LogP contribution < -0.4 is 5.73 Å². The lowest BCUT2D eigenvalue weighted by Crippen LogP contribution is -2.15. The van der Waals surface area contributed by atoms with E-state index in [4.69, 9.17) is 16.1 Å². The molecule has 0 bridgehead atoms. The fourth-order valence-electron chi connectivity index (χ4n) is 1.67. The average Bonchev–Trinajstić information content (AvgIpc) is 2.40. The Morgan fingerprint density at radius 3 is 2.36 bits per heavy atom. The lowest BCUT2D eigenvalue weighted by molar-refractivity contribution is -0.386. The third-order valence-corrected chi connectivity index (χ3v) is 2.60. The maximum absolute atomic E-state index is 11.2. The van der Waals surface area contributed by atoms with Gasteiger partial charge in [0.1, 0.15) is 11.6 Å². The summed E-state index contributed by atoms with van der Waals surface area (Å²) in [5, 5.41) is 47.4. The van der Waals surface area contributed by atoms with Gasteiger partial charge in [0.25, 0.3) is 5.91 Å². The van der Waals surface area contributed by atoms with Crippen LogP contribution in [0.3, 0.4) is 0 Å². The first-order valence-corrected chi connectivity index (χ1v) is 5.54. The Labute approximate surface area is 122 Å². The summed E-state index contributed by atoms with van der Waals surface area (Å²) in [5.41, 5.74) is 2.62. The number of carboxylic acids is 1. The second-order valence-electron chi connectivity index (χ2n) is 4.02. The topological polar surface area (TPSA) is 188 Å². The summed E-state index contributed by atoms with van der Waals surface area (Å²) >= 11 is 0. The lowest BCUT2D eigenvalue weighted by Gasteiger charge is -2.09. The highest BCUT2D eigenvalue weighted by atomic mass is 16.6. The molecule has 22 heavy (non-hydrogen) atoms. The second kappa shape index (κ2) is 6.23. The number of nitrogens with zero attached hydrogens (tertiary/aromatic N) is 2. The van der Waals surface area contributed by atoms with Crippen molar-refractivity contribution in [2.45, 2.75) is 6.42 Å². The molecule has 10 nitrogen and oxygen atoms in total. The van der Waals surface area contributed by atoms with Gasteiger partial charge in [-0.25, -0.2) is 0 Å². The molecular formula is C12H9N3O7. The number of phenolic OH excluding ortho intramolecular Hbond substituents is 2. The zero-order chi connectivity index (χ0) is 17.0. The first-order valence-electron chi connectivity index (χ1n) is 5.54. The number of carboxylic acid groups (broad SMARTS) is 1. The van der Waals surface area contributed by atoms with Crippen molar-refractivity contribution in [2.75, 3.05) is 0 Å². The van der Waals surface area contributed by atoms with Gasteiger partial charge in [0, 0.05) is 6.07 Å². The Bertz CT molecular complexity index is 746. The van der Waals surface area contributed by atoms with Crippen LogP contribution >= 0.6 is 0 Å². The molecule has 0 atom stereocenters. The predicted molar refractivity (Wildman–Crippen MR) is 70.4 cm³/mol. The van der Waals surface area contributed by atoms with Crippen LogP contribution in [0.1, 0.15) is 12.0 Å². The van der Waals surface area contributed by atoms with Crippen molar-refractivity contribution in [3.05, 3.63) is 33.4 Å². The maximum atomic E-state index is 11.2. The normalized spacial score (nSPS) is 11.2. The van der Waals surface area contributed by atoms with E-state index in [1.807, 2.05) is 0 Å². The van der Waals surface area contributed by atoms with Crippen LogP contribution in [-0.2, 0) is 9.59 Å². The highest BCUT2D eigenvalue weighted by Crippen LogP contribution is 2.39. The number of rotatable bonds is 5. The minimum atomic E-state index is -1.43. The Kier molecular flexibility index (Phi) is 4.65. The van der Waals surface area contributed by atoms with E-state index < -0.39 is 51.6 Å². The third kappa shape index (κ3) is 3.28. The molecule has 1 aromatic carbocycles. The van der Waals surface area contributed by atoms with Crippen molar-refractivity contribution in [2.24, 2.45) is 5.73 Å². The van der Waals surface area contributed by atoms with Gasteiger partial charge in [-0.05, 0) is 17.2 Å². The molecule has 0 saturated carbocycles. The Balaban J connectivity index is 3.72. The summed E-state index contributed by atoms with van der Waals surface area (Å²) in [4.78, 5) is 31.8. The number of benzene rings is 1. The number of amides is 1.